The maximum atomic E-state index is 13.1. The molecule has 0 bridgehead atoms. The number of amides is 1. The summed E-state index contributed by atoms with van der Waals surface area (Å²) in [6, 6.07) is 13.4. The number of ether oxygens (including phenoxy) is 4. The molecule has 4 rings (SSSR count). The van der Waals surface area contributed by atoms with Crippen molar-refractivity contribution in [3.8, 4) is 5.75 Å². The van der Waals surface area contributed by atoms with Gasteiger partial charge in [0.2, 0.25) is 0 Å². The Kier molecular flexibility index (Phi) is 6.67. The molecule has 6 nitrogen and oxygen atoms in total. The highest BCUT2D eigenvalue weighted by Crippen LogP contribution is 2.50. The zero-order chi connectivity index (χ0) is 24.5. The lowest BCUT2D eigenvalue weighted by Gasteiger charge is -2.43. The largest absolute Gasteiger partial charge is 0.496 e. The van der Waals surface area contributed by atoms with E-state index in [9.17, 15) is 4.79 Å². The van der Waals surface area contributed by atoms with Gasteiger partial charge in [0, 0.05) is 19.8 Å². The topological polar surface area (TPSA) is 66.0 Å². The van der Waals surface area contributed by atoms with Gasteiger partial charge in [-0.05, 0) is 44.4 Å². The number of hydrogen-bond donors (Lipinski definition) is 1. The molecule has 2 heterocycles. The van der Waals surface area contributed by atoms with Crippen molar-refractivity contribution in [2.45, 2.75) is 50.1 Å². The van der Waals surface area contributed by atoms with E-state index in [4.69, 9.17) is 18.9 Å². The van der Waals surface area contributed by atoms with E-state index in [0.29, 0.717) is 11.4 Å². The number of methoxy groups -OCH3 is 3. The third-order valence-electron chi connectivity index (χ3n) is 6.87. The van der Waals surface area contributed by atoms with Crippen molar-refractivity contribution in [1.82, 2.24) is 0 Å². The van der Waals surface area contributed by atoms with Gasteiger partial charge in [0.25, 0.3) is 5.91 Å². The van der Waals surface area contributed by atoms with E-state index in [1.165, 1.54) is 7.11 Å². The van der Waals surface area contributed by atoms with Crippen molar-refractivity contribution < 1.29 is 23.7 Å². The van der Waals surface area contributed by atoms with E-state index in [0.717, 1.165) is 35.1 Å². The van der Waals surface area contributed by atoms with Gasteiger partial charge in [-0.3, -0.25) is 4.79 Å². The fraction of sp³-hybridized carbons (Fsp3) is 0.393. The van der Waals surface area contributed by atoms with Gasteiger partial charge in [-0.25, -0.2) is 0 Å². The first-order chi connectivity index (χ1) is 16.3. The number of carbonyl (C=O) groups excluding carboxylic acids is 1. The molecule has 0 unspecified atom stereocenters. The summed E-state index contributed by atoms with van der Waals surface area (Å²) in [5, 5.41) is 2.96. The first-order valence-corrected chi connectivity index (χ1v) is 11.5. The van der Waals surface area contributed by atoms with Gasteiger partial charge in [-0.2, -0.15) is 0 Å². The number of benzene rings is 2. The quantitative estimate of drug-likeness (QED) is 0.580. The highest BCUT2D eigenvalue weighted by molar-refractivity contribution is 6.01. The van der Waals surface area contributed by atoms with Gasteiger partial charge >= 0.3 is 0 Å². The molecule has 0 radical (unpaired) electrons. The summed E-state index contributed by atoms with van der Waals surface area (Å²) in [7, 11) is 4.73. The van der Waals surface area contributed by atoms with Crippen molar-refractivity contribution in [3.05, 3.63) is 77.4 Å². The Bertz CT molecular complexity index is 1110. The zero-order valence-electron chi connectivity index (χ0n) is 20.5. The Morgan fingerprint density at radius 2 is 1.91 bits per heavy atom. The predicted octanol–water partition coefficient (Wildman–Crippen LogP) is 5.08. The molecule has 4 atom stereocenters. The Morgan fingerprint density at radius 1 is 1.18 bits per heavy atom. The molecular weight excluding hydrogens is 430 g/mol. The summed E-state index contributed by atoms with van der Waals surface area (Å²) in [5.41, 5.74) is 2.45. The highest BCUT2D eigenvalue weighted by atomic mass is 16.5. The van der Waals surface area contributed by atoms with Crippen LogP contribution in [0.25, 0.3) is 6.08 Å². The van der Waals surface area contributed by atoms with Gasteiger partial charge < -0.3 is 24.3 Å². The fourth-order valence-corrected chi connectivity index (χ4v) is 5.11. The number of rotatable bonds is 7. The van der Waals surface area contributed by atoms with E-state index in [-0.39, 0.29) is 12.0 Å². The molecule has 2 aliphatic rings. The second-order valence-corrected chi connectivity index (χ2v) is 9.16. The molecule has 180 valence electrons. The van der Waals surface area contributed by atoms with Crippen LogP contribution in [0, 0.1) is 0 Å². The third-order valence-corrected chi connectivity index (χ3v) is 6.87. The van der Waals surface area contributed by atoms with E-state index in [2.05, 4.69) is 24.9 Å². The van der Waals surface area contributed by atoms with Gasteiger partial charge in [0.05, 0.1) is 30.1 Å². The second-order valence-electron chi connectivity index (χ2n) is 9.16. The number of nitrogens with one attached hydrogen (secondary N) is 1. The summed E-state index contributed by atoms with van der Waals surface area (Å²) in [5.74, 6) is 0.336. The molecular formula is C28H33NO5. The maximum Gasteiger partial charge on any atom is 0.257 e. The standard InChI is InChI=1S/C28H33NO5/c1-18(2)22-15-17-27(3,34-22)16-14-19-12-13-21-23(24(19)31-4)28(33-6,20-10-8-7-9-11-20)25(32-5)26(30)29-21/h7-14,16,22,25H,1,15,17H2,2-6H3,(H,29,30)/b16-14+/t22-,25+,27-,28-/m0/s1. The van der Waals surface area contributed by atoms with Crippen LogP contribution in [0.3, 0.4) is 0 Å². The minimum Gasteiger partial charge on any atom is -0.496 e. The smallest absolute Gasteiger partial charge is 0.257 e. The van der Waals surface area contributed by atoms with Crippen LogP contribution in [0.5, 0.6) is 5.75 Å². The second kappa shape index (κ2) is 9.37. The number of fused-ring (bicyclic) bond motifs is 1. The van der Waals surface area contributed by atoms with Crippen molar-refractivity contribution >= 4 is 17.7 Å². The number of carbonyl (C=O) groups is 1. The average Bonchev–Trinajstić information content (AvgIpc) is 3.24. The lowest BCUT2D eigenvalue weighted by atomic mass is 9.76. The summed E-state index contributed by atoms with van der Waals surface area (Å²) < 4.78 is 24.1. The van der Waals surface area contributed by atoms with Crippen LogP contribution >= 0.6 is 0 Å². The molecule has 2 aliphatic heterocycles. The van der Waals surface area contributed by atoms with Crippen LogP contribution in [0.15, 0.2) is 60.7 Å². The molecule has 0 aliphatic carbocycles. The lowest BCUT2D eigenvalue weighted by molar-refractivity contribution is -0.147. The molecule has 0 saturated carbocycles. The monoisotopic (exact) mass is 463 g/mol. The van der Waals surface area contributed by atoms with Crippen LogP contribution in [0.4, 0.5) is 5.69 Å². The summed E-state index contributed by atoms with van der Waals surface area (Å²) in [6.45, 7) is 8.13. The minimum absolute atomic E-state index is 0.0666. The normalized spacial score (nSPS) is 28.6. The van der Waals surface area contributed by atoms with E-state index >= 15 is 0 Å². The van der Waals surface area contributed by atoms with Gasteiger partial charge in [0.15, 0.2) is 11.7 Å². The first-order valence-electron chi connectivity index (χ1n) is 11.5. The zero-order valence-corrected chi connectivity index (χ0v) is 20.5. The molecule has 6 heteroatoms. The predicted molar refractivity (Wildman–Crippen MR) is 133 cm³/mol. The molecule has 34 heavy (non-hydrogen) atoms. The molecule has 0 spiro atoms. The van der Waals surface area contributed by atoms with Crippen LogP contribution < -0.4 is 10.1 Å². The maximum absolute atomic E-state index is 13.1. The third kappa shape index (κ3) is 3.96. The van der Waals surface area contributed by atoms with Crippen molar-refractivity contribution in [2.24, 2.45) is 0 Å². The van der Waals surface area contributed by atoms with Crippen LogP contribution in [0.2, 0.25) is 0 Å². The minimum atomic E-state index is -1.19. The summed E-state index contributed by atoms with van der Waals surface area (Å²) in [4.78, 5) is 13.1. The molecule has 0 aromatic heterocycles. The number of hydrogen-bond acceptors (Lipinski definition) is 5. The van der Waals surface area contributed by atoms with Crippen LogP contribution in [-0.2, 0) is 24.6 Å². The SMILES string of the molecule is C=C(C)[C@@H]1CC[C@](C)(/C=C/c2ccc3c(c2OC)[C@@](OC)(c2ccccc2)[C@H](OC)C(=O)N3)O1. The summed E-state index contributed by atoms with van der Waals surface area (Å²) >= 11 is 0. The lowest BCUT2D eigenvalue weighted by Crippen LogP contribution is -2.54. The molecule has 1 N–H and O–H groups in total. The molecule has 2 aromatic rings. The van der Waals surface area contributed by atoms with Gasteiger partial charge in [-0.15, -0.1) is 0 Å². The van der Waals surface area contributed by atoms with Gasteiger partial charge in [-0.1, -0.05) is 54.6 Å². The highest BCUT2D eigenvalue weighted by Gasteiger charge is 2.53. The molecule has 1 saturated heterocycles. The Morgan fingerprint density at radius 3 is 2.50 bits per heavy atom. The fourth-order valence-electron chi connectivity index (χ4n) is 5.11. The van der Waals surface area contributed by atoms with Crippen molar-refractivity contribution in [3.63, 3.8) is 0 Å². The summed E-state index contributed by atoms with van der Waals surface area (Å²) in [6.07, 6.45) is 5.10. The first kappa shape index (κ1) is 24.2. The van der Waals surface area contributed by atoms with E-state index in [1.807, 2.05) is 55.5 Å². The molecule has 2 aromatic carbocycles. The van der Waals surface area contributed by atoms with Gasteiger partial charge in [0.1, 0.15) is 5.75 Å². The Labute approximate surface area is 201 Å². The van der Waals surface area contributed by atoms with E-state index in [1.54, 1.807) is 14.2 Å². The van der Waals surface area contributed by atoms with Crippen molar-refractivity contribution in [1.29, 1.82) is 0 Å². The molecule has 1 amide bonds. The van der Waals surface area contributed by atoms with Crippen LogP contribution in [-0.4, -0.2) is 45.0 Å². The Balaban J connectivity index is 1.86. The molecule has 1 fully saturated rings. The van der Waals surface area contributed by atoms with E-state index < -0.39 is 17.3 Å². The van der Waals surface area contributed by atoms with Crippen molar-refractivity contribution in [2.75, 3.05) is 26.6 Å². The number of anilines is 1. The Hall–Kier alpha value is -2.93. The van der Waals surface area contributed by atoms with Crippen LogP contribution in [0.1, 0.15) is 43.4 Å². The average molecular weight is 464 g/mol.